The lowest BCUT2D eigenvalue weighted by Crippen LogP contribution is -2.27. The summed E-state index contributed by atoms with van der Waals surface area (Å²) in [6.07, 6.45) is -0.580. The molecule has 0 spiro atoms. The summed E-state index contributed by atoms with van der Waals surface area (Å²) in [7, 11) is 1.87. The Morgan fingerprint density at radius 3 is 2.56 bits per heavy atom. The van der Waals surface area contributed by atoms with Gasteiger partial charge in [0.05, 0.1) is 11.4 Å². The van der Waals surface area contributed by atoms with Gasteiger partial charge in [-0.2, -0.15) is 5.10 Å². The lowest BCUT2D eigenvalue weighted by Gasteiger charge is -2.20. The van der Waals surface area contributed by atoms with Crippen LogP contribution in [-0.2, 0) is 18.3 Å². The van der Waals surface area contributed by atoms with Crippen molar-refractivity contribution in [1.82, 2.24) is 9.78 Å². The maximum Gasteiger partial charge on any atom is 0.412 e. The van der Waals surface area contributed by atoms with Crippen molar-refractivity contribution in [2.24, 2.45) is 7.05 Å². The molecule has 7 heteroatoms. The number of anilines is 2. The highest BCUT2D eigenvalue weighted by Gasteiger charge is 2.17. The second-order valence-electron chi connectivity index (χ2n) is 6.95. The van der Waals surface area contributed by atoms with E-state index in [9.17, 15) is 9.18 Å². The zero-order valence-electron chi connectivity index (χ0n) is 15.5. The van der Waals surface area contributed by atoms with Crippen molar-refractivity contribution in [3.8, 4) is 0 Å². The van der Waals surface area contributed by atoms with Crippen LogP contribution < -0.4 is 10.6 Å². The SMILES string of the molecule is Cc1nn(C)c(C)c1CNc1cc(NC(=O)OC(C)(C)C)ccc1F. The molecule has 2 rings (SSSR count). The number of benzene rings is 1. The number of aryl methyl sites for hydroxylation is 2. The largest absolute Gasteiger partial charge is 0.444 e. The molecule has 0 aliphatic heterocycles. The zero-order chi connectivity index (χ0) is 18.8. The minimum atomic E-state index is -0.597. The van der Waals surface area contributed by atoms with E-state index < -0.39 is 17.5 Å². The molecule has 0 saturated carbocycles. The van der Waals surface area contributed by atoms with Gasteiger partial charge in [-0.15, -0.1) is 0 Å². The molecule has 0 saturated heterocycles. The predicted octanol–water partition coefficient (Wildman–Crippen LogP) is 4.14. The van der Waals surface area contributed by atoms with E-state index in [2.05, 4.69) is 15.7 Å². The van der Waals surface area contributed by atoms with Crippen LogP contribution in [0, 0.1) is 19.7 Å². The quantitative estimate of drug-likeness (QED) is 0.871. The lowest BCUT2D eigenvalue weighted by molar-refractivity contribution is 0.0636. The van der Waals surface area contributed by atoms with Gasteiger partial charge in [0.25, 0.3) is 0 Å². The van der Waals surface area contributed by atoms with E-state index in [-0.39, 0.29) is 0 Å². The lowest BCUT2D eigenvalue weighted by atomic mass is 10.2. The molecule has 0 aliphatic rings. The average molecular weight is 348 g/mol. The molecule has 136 valence electrons. The summed E-state index contributed by atoms with van der Waals surface area (Å²) in [5, 5.41) is 10.0. The van der Waals surface area contributed by atoms with E-state index in [0.29, 0.717) is 17.9 Å². The fourth-order valence-corrected chi connectivity index (χ4v) is 2.42. The molecule has 0 fully saturated rings. The molecule has 2 aromatic rings. The number of rotatable bonds is 4. The van der Waals surface area contributed by atoms with E-state index in [1.165, 1.54) is 12.1 Å². The van der Waals surface area contributed by atoms with Crippen molar-refractivity contribution in [1.29, 1.82) is 0 Å². The number of hydrogen-bond acceptors (Lipinski definition) is 4. The summed E-state index contributed by atoms with van der Waals surface area (Å²) in [5.41, 5.74) is 3.10. The molecule has 2 N–H and O–H groups in total. The molecule has 1 amide bonds. The maximum absolute atomic E-state index is 14.1. The Balaban J connectivity index is 2.10. The van der Waals surface area contributed by atoms with Gasteiger partial charge in [0, 0.05) is 30.5 Å². The molecular formula is C18H25FN4O2. The summed E-state index contributed by atoms with van der Waals surface area (Å²) < 4.78 is 21.1. The molecule has 1 heterocycles. The second-order valence-corrected chi connectivity index (χ2v) is 6.95. The van der Waals surface area contributed by atoms with Crippen LogP contribution in [0.3, 0.4) is 0 Å². The number of amides is 1. The second kappa shape index (κ2) is 7.13. The van der Waals surface area contributed by atoms with Crippen molar-refractivity contribution < 1.29 is 13.9 Å². The third-order valence-corrected chi connectivity index (χ3v) is 3.73. The molecule has 0 atom stereocenters. The van der Waals surface area contributed by atoms with Crippen LogP contribution in [0.15, 0.2) is 18.2 Å². The molecule has 0 radical (unpaired) electrons. The third-order valence-electron chi connectivity index (χ3n) is 3.73. The number of nitrogens with zero attached hydrogens (tertiary/aromatic N) is 2. The highest BCUT2D eigenvalue weighted by Crippen LogP contribution is 2.22. The first-order valence-corrected chi connectivity index (χ1v) is 8.09. The van der Waals surface area contributed by atoms with E-state index in [4.69, 9.17) is 4.74 Å². The molecule has 1 aromatic carbocycles. The average Bonchev–Trinajstić information content (AvgIpc) is 2.71. The Hall–Kier alpha value is -2.57. The van der Waals surface area contributed by atoms with E-state index >= 15 is 0 Å². The highest BCUT2D eigenvalue weighted by molar-refractivity contribution is 5.85. The Kier molecular flexibility index (Phi) is 5.35. The van der Waals surface area contributed by atoms with Crippen LogP contribution >= 0.6 is 0 Å². The molecular weight excluding hydrogens is 323 g/mol. The van der Waals surface area contributed by atoms with E-state index in [1.54, 1.807) is 31.5 Å². The maximum atomic E-state index is 14.1. The summed E-state index contributed by atoms with van der Waals surface area (Å²) in [6, 6.07) is 4.34. The minimum Gasteiger partial charge on any atom is -0.444 e. The van der Waals surface area contributed by atoms with Crippen molar-refractivity contribution in [3.63, 3.8) is 0 Å². The number of halogens is 1. The topological polar surface area (TPSA) is 68.2 Å². The molecule has 0 bridgehead atoms. The molecule has 6 nitrogen and oxygen atoms in total. The van der Waals surface area contributed by atoms with Gasteiger partial charge in [-0.25, -0.2) is 9.18 Å². The Labute approximate surface area is 147 Å². The first-order valence-electron chi connectivity index (χ1n) is 8.09. The van der Waals surface area contributed by atoms with Gasteiger partial charge in [0.15, 0.2) is 0 Å². The Morgan fingerprint density at radius 1 is 1.32 bits per heavy atom. The number of carbonyl (C=O) groups excluding carboxylic acids is 1. The van der Waals surface area contributed by atoms with Crippen LogP contribution in [0.1, 0.15) is 37.7 Å². The molecule has 1 aromatic heterocycles. The van der Waals surface area contributed by atoms with Gasteiger partial charge in [-0.3, -0.25) is 10.00 Å². The van der Waals surface area contributed by atoms with Crippen LogP contribution in [0.25, 0.3) is 0 Å². The van der Waals surface area contributed by atoms with Gasteiger partial charge < -0.3 is 10.1 Å². The number of nitrogens with one attached hydrogen (secondary N) is 2. The fourth-order valence-electron chi connectivity index (χ4n) is 2.42. The number of hydrogen-bond donors (Lipinski definition) is 2. The molecule has 25 heavy (non-hydrogen) atoms. The zero-order valence-corrected chi connectivity index (χ0v) is 15.5. The third kappa shape index (κ3) is 4.95. The standard InChI is InChI=1S/C18H25FN4O2/c1-11-14(12(2)23(6)22-11)10-20-16-9-13(7-8-15(16)19)21-17(24)25-18(3,4)5/h7-9,20H,10H2,1-6H3,(H,21,24). The van der Waals surface area contributed by atoms with Gasteiger partial charge in [0.2, 0.25) is 0 Å². The van der Waals surface area contributed by atoms with Crippen molar-refractivity contribution in [3.05, 3.63) is 41.0 Å². The Morgan fingerprint density at radius 2 is 2.00 bits per heavy atom. The molecule has 0 unspecified atom stereocenters. The van der Waals surface area contributed by atoms with Crippen LogP contribution in [0.5, 0.6) is 0 Å². The van der Waals surface area contributed by atoms with Crippen LogP contribution in [-0.4, -0.2) is 21.5 Å². The van der Waals surface area contributed by atoms with Gasteiger partial charge >= 0.3 is 6.09 Å². The number of aromatic nitrogens is 2. The van der Waals surface area contributed by atoms with Gasteiger partial charge in [0.1, 0.15) is 11.4 Å². The fraction of sp³-hybridized carbons (Fsp3) is 0.444. The predicted molar refractivity (Wildman–Crippen MR) is 96.3 cm³/mol. The number of ether oxygens (including phenoxy) is 1. The van der Waals surface area contributed by atoms with Crippen molar-refractivity contribution in [2.75, 3.05) is 10.6 Å². The first kappa shape index (κ1) is 18.8. The van der Waals surface area contributed by atoms with Crippen molar-refractivity contribution >= 4 is 17.5 Å². The van der Waals surface area contributed by atoms with Crippen molar-refractivity contribution in [2.45, 2.75) is 46.8 Å². The summed E-state index contributed by atoms with van der Waals surface area (Å²) >= 11 is 0. The van der Waals surface area contributed by atoms with E-state index in [1.807, 2.05) is 20.9 Å². The van der Waals surface area contributed by atoms with Crippen LogP contribution in [0.2, 0.25) is 0 Å². The Bertz CT molecular complexity index is 778. The van der Waals surface area contributed by atoms with Crippen LogP contribution in [0.4, 0.5) is 20.6 Å². The normalized spacial score (nSPS) is 11.3. The summed E-state index contributed by atoms with van der Waals surface area (Å²) in [6.45, 7) is 9.67. The van der Waals surface area contributed by atoms with E-state index in [0.717, 1.165) is 17.0 Å². The molecule has 0 aliphatic carbocycles. The van der Waals surface area contributed by atoms with Gasteiger partial charge in [-0.1, -0.05) is 0 Å². The highest BCUT2D eigenvalue weighted by atomic mass is 19.1. The monoisotopic (exact) mass is 348 g/mol. The van der Waals surface area contributed by atoms with Gasteiger partial charge in [-0.05, 0) is 52.8 Å². The first-order chi connectivity index (χ1) is 11.6. The summed E-state index contributed by atoms with van der Waals surface area (Å²) in [5.74, 6) is -0.395. The minimum absolute atomic E-state index is 0.302. The smallest absolute Gasteiger partial charge is 0.412 e. The number of carbonyl (C=O) groups is 1. The summed E-state index contributed by atoms with van der Waals surface area (Å²) in [4.78, 5) is 11.8.